The first-order valence-corrected chi connectivity index (χ1v) is 8.54. The molecule has 0 aliphatic carbocycles. The van der Waals surface area contributed by atoms with Crippen LogP contribution >= 0.6 is 0 Å². The third-order valence-corrected chi connectivity index (χ3v) is 3.43. The summed E-state index contributed by atoms with van der Waals surface area (Å²) >= 11 is 0. The standard InChI is InChI=1S/C19H30N2O2/c1-5-6-7-8-9-10-17(22)20-16-13-11-15(12-14-16)18(23)21-19(2,3)4/h11-14H,5-10H2,1-4H3,(H,20,22)(H,21,23). The highest BCUT2D eigenvalue weighted by Gasteiger charge is 2.15. The molecule has 0 radical (unpaired) electrons. The monoisotopic (exact) mass is 318 g/mol. The molecule has 0 aliphatic rings. The van der Waals surface area contributed by atoms with Crippen molar-refractivity contribution in [2.75, 3.05) is 5.32 Å². The highest BCUT2D eigenvalue weighted by atomic mass is 16.2. The second-order valence-electron chi connectivity index (χ2n) is 6.99. The molecule has 4 nitrogen and oxygen atoms in total. The zero-order valence-electron chi connectivity index (χ0n) is 14.9. The van der Waals surface area contributed by atoms with E-state index in [4.69, 9.17) is 0 Å². The van der Waals surface area contributed by atoms with Crippen LogP contribution in [0, 0.1) is 0 Å². The Morgan fingerprint density at radius 1 is 0.957 bits per heavy atom. The molecule has 0 saturated heterocycles. The molecule has 128 valence electrons. The lowest BCUT2D eigenvalue weighted by Crippen LogP contribution is -2.40. The summed E-state index contributed by atoms with van der Waals surface area (Å²) in [5, 5.41) is 5.79. The van der Waals surface area contributed by atoms with Crippen LogP contribution in [-0.4, -0.2) is 17.4 Å². The molecule has 2 N–H and O–H groups in total. The molecule has 0 atom stereocenters. The SMILES string of the molecule is CCCCCCCC(=O)Nc1ccc(C(=O)NC(C)(C)C)cc1. The van der Waals surface area contributed by atoms with Crippen LogP contribution < -0.4 is 10.6 Å². The molecule has 0 aliphatic heterocycles. The van der Waals surface area contributed by atoms with Gasteiger partial charge in [0.2, 0.25) is 5.91 Å². The number of amides is 2. The van der Waals surface area contributed by atoms with Crippen molar-refractivity contribution in [2.24, 2.45) is 0 Å². The molecular formula is C19H30N2O2. The highest BCUT2D eigenvalue weighted by molar-refractivity contribution is 5.96. The quantitative estimate of drug-likeness (QED) is 0.693. The second kappa shape index (κ2) is 9.33. The maximum absolute atomic E-state index is 12.0. The van der Waals surface area contributed by atoms with Crippen molar-refractivity contribution in [3.63, 3.8) is 0 Å². The number of rotatable bonds is 8. The lowest BCUT2D eigenvalue weighted by atomic mass is 10.1. The molecule has 0 unspecified atom stereocenters. The average Bonchev–Trinajstić information content (AvgIpc) is 2.46. The molecule has 0 saturated carbocycles. The Kier molecular flexibility index (Phi) is 7.79. The van der Waals surface area contributed by atoms with Gasteiger partial charge in [-0.15, -0.1) is 0 Å². The molecule has 0 spiro atoms. The number of anilines is 1. The van der Waals surface area contributed by atoms with E-state index in [1.807, 2.05) is 20.8 Å². The molecule has 0 bridgehead atoms. The number of nitrogens with one attached hydrogen (secondary N) is 2. The third-order valence-electron chi connectivity index (χ3n) is 3.43. The third kappa shape index (κ3) is 8.38. The van der Waals surface area contributed by atoms with Gasteiger partial charge >= 0.3 is 0 Å². The lowest BCUT2D eigenvalue weighted by molar-refractivity contribution is -0.116. The highest BCUT2D eigenvalue weighted by Crippen LogP contribution is 2.12. The summed E-state index contributed by atoms with van der Waals surface area (Å²) in [6.45, 7) is 8.01. The number of carbonyl (C=O) groups excluding carboxylic acids is 2. The summed E-state index contributed by atoms with van der Waals surface area (Å²) in [6, 6.07) is 7.01. The topological polar surface area (TPSA) is 58.2 Å². The summed E-state index contributed by atoms with van der Waals surface area (Å²) in [5.41, 5.74) is 1.07. The molecular weight excluding hydrogens is 288 g/mol. The van der Waals surface area contributed by atoms with E-state index in [9.17, 15) is 9.59 Å². The predicted octanol–water partition coefficient (Wildman–Crippen LogP) is 4.51. The van der Waals surface area contributed by atoms with Gasteiger partial charge in [-0.3, -0.25) is 9.59 Å². The van der Waals surface area contributed by atoms with Gasteiger partial charge in [-0.25, -0.2) is 0 Å². The first-order valence-electron chi connectivity index (χ1n) is 8.54. The van der Waals surface area contributed by atoms with Crippen LogP contribution in [0.3, 0.4) is 0 Å². The lowest BCUT2D eigenvalue weighted by Gasteiger charge is -2.20. The number of hydrogen-bond acceptors (Lipinski definition) is 2. The van der Waals surface area contributed by atoms with E-state index in [0.717, 1.165) is 18.5 Å². The molecule has 4 heteroatoms. The number of carbonyl (C=O) groups is 2. The average molecular weight is 318 g/mol. The molecule has 23 heavy (non-hydrogen) atoms. The Bertz CT molecular complexity index is 501. The maximum Gasteiger partial charge on any atom is 0.251 e. The Morgan fingerprint density at radius 2 is 1.57 bits per heavy atom. The van der Waals surface area contributed by atoms with Crippen molar-refractivity contribution in [3.8, 4) is 0 Å². The Morgan fingerprint density at radius 3 is 2.13 bits per heavy atom. The van der Waals surface area contributed by atoms with Crippen LogP contribution in [0.5, 0.6) is 0 Å². The molecule has 0 fully saturated rings. The van der Waals surface area contributed by atoms with Crippen LogP contribution in [0.4, 0.5) is 5.69 Å². The van der Waals surface area contributed by atoms with Crippen molar-refractivity contribution in [2.45, 2.75) is 71.8 Å². The van der Waals surface area contributed by atoms with Crippen molar-refractivity contribution in [1.82, 2.24) is 5.32 Å². The summed E-state index contributed by atoms with van der Waals surface area (Å²) in [5.74, 6) is -0.0697. The summed E-state index contributed by atoms with van der Waals surface area (Å²) in [6.07, 6.45) is 6.23. The first-order chi connectivity index (χ1) is 10.8. The fourth-order valence-corrected chi connectivity index (χ4v) is 2.23. The van der Waals surface area contributed by atoms with E-state index < -0.39 is 0 Å². The van der Waals surface area contributed by atoms with Crippen LogP contribution in [-0.2, 0) is 4.79 Å². The van der Waals surface area contributed by atoms with E-state index in [2.05, 4.69) is 17.6 Å². The molecule has 0 aromatic heterocycles. The Hall–Kier alpha value is -1.84. The van der Waals surface area contributed by atoms with Gasteiger partial charge < -0.3 is 10.6 Å². The van der Waals surface area contributed by atoms with E-state index in [1.54, 1.807) is 24.3 Å². The van der Waals surface area contributed by atoms with E-state index >= 15 is 0 Å². The van der Waals surface area contributed by atoms with Crippen molar-refractivity contribution >= 4 is 17.5 Å². The van der Waals surface area contributed by atoms with Crippen molar-refractivity contribution in [1.29, 1.82) is 0 Å². The molecule has 0 heterocycles. The number of hydrogen-bond donors (Lipinski definition) is 2. The van der Waals surface area contributed by atoms with E-state index in [-0.39, 0.29) is 17.4 Å². The smallest absolute Gasteiger partial charge is 0.251 e. The van der Waals surface area contributed by atoms with Gasteiger partial charge in [0.1, 0.15) is 0 Å². The maximum atomic E-state index is 12.0. The van der Waals surface area contributed by atoms with Gasteiger partial charge in [0.25, 0.3) is 5.91 Å². The van der Waals surface area contributed by atoms with Crippen molar-refractivity contribution in [3.05, 3.63) is 29.8 Å². The van der Waals surface area contributed by atoms with Gasteiger partial charge in [0.15, 0.2) is 0 Å². The molecule has 1 aromatic rings. The molecule has 2 amide bonds. The van der Waals surface area contributed by atoms with Crippen molar-refractivity contribution < 1.29 is 9.59 Å². The largest absolute Gasteiger partial charge is 0.347 e. The zero-order valence-corrected chi connectivity index (χ0v) is 14.9. The fourth-order valence-electron chi connectivity index (χ4n) is 2.23. The minimum Gasteiger partial charge on any atom is -0.347 e. The number of unbranched alkanes of at least 4 members (excludes halogenated alkanes) is 4. The minimum absolute atomic E-state index is 0.0355. The zero-order chi connectivity index (χ0) is 17.3. The normalized spacial score (nSPS) is 11.1. The summed E-state index contributed by atoms with van der Waals surface area (Å²) in [7, 11) is 0. The Labute approximate surface area is 140 Å². The van der Waals surface area contributed by atoms with E-state index in [0.29, 0.717) is 12.0 Å². The molecule has 1 rings (SSSR count). The Balaban J connectivity index is 2.41. The fraction of sp³-hybridized carbons (Fsp3) is 0.579. The van der Waals surface area contributed by atoms with Gasteiger partial charge in [-0.2, -0.15) is 0 Å². The second-order valence-corrected chi connectivity index (χ2v) is 6.99. The summed E-state index contributed by atoms with van der Waals surface area (Å²) in [4.78, 5) is 23.9. The first kappa shape index (κ1) is 19.2. The predicted molar refractivity (Wildman–Crippen MR) is 95.7 cm³/mol. The molecule has 1 aromatic carbocycles. The van der Waals surface area contributed by atoms with E-state index in [1.165, 1.54) is 19.3 Å². The van der Waals surface area contributed by atoms with Gasteiger partial charge in [0, 0.05) is 23.2 Å². The van der Waals surface area contributed by atoms with Gasteiger partial charge in [0.05, 0.1) is 0 Å². The number of benzene rings is 1. The van der Waals surface area contributed by atoms with Crippen LogP contribution in [0.1, 0.15) is 76.6 Å². The minimum atomic E-state index is -0.262. The van der Waals surface area contributed by atoms with Gasteiger partial charge in [-0.1, -0.05) is 32.6 Å². The van der Waals surface area contributed by atoms with Crippen LogP contribution in [0.15, 0.2) is 24.3 Å². The van der Waals surface area contributed by atoms with Gasteiger partial charge in [-0.05, 0) is 51.5 Å². The van der Waals surface area contributed by atoms with Crippen LogP contribution in [0.2, 0.25) is 0 Å². The van der Waals surface area contributed by atoms with Crippen LogP contribution in [0.25, 0.3) is 0 Å². The summed E-state index contributed by atoms with van der Waals surface area (Å²) < 4.78 is 0.